The highest BCUT2D eigenvalue weighted by atomic mass is 16.2. The van der Waals surface area contributed by atoms with Gasteiger partial charge in [-0.1, -0.05) is 34.6 Å². The summed E-state index contributed by atoms with van der Waals surface area (Å²) in [6, 6.07) is -0.115. The Hall–Kier alpha value is -2.63. The van der Waals surface area contributed by atoms with E-state index in [9.17, 15) is 24.4 Å². The molecule has 2 saturated heterocycles. The van der Waals surface area contributed by atoms with E-state index in [4.69, 9.17) is 0 Å². The van der Waals surface area contributed by atoms with Crippen LogP contribution >= 0.6 is 0 Å². The number of nitriles is 1. The normalized spacial score (nSPS) is 31.5. The van der Waals surface area contributed by atoms with Crippen molar-refractivity contribution in [2.75, 3.05) is 6.54 Å². The number of nitrogens with one attached hydrogen (secondary N) is 3. The first-order valence-corrected chi connectivity index (χ1v) is 12.8. The second-order valence-corrected chi connectivity index (χ2v) is 12.8. The second-order valence-electron chi connectivity index (χ2n) is 12.8. The summed E-state index contributed by atoms with van der Waals surface area (Å²) < 4.78 is 0. The molecule has 35 heavy (non-hydrogen) atoms. The lowest BCUT2D eigenvalue weighted by Gasteiger charge is -2.37. The Kier molecular flexibility index (Phi) is 6.18. The first-order chi connectivity index (χ1) is 16.2. The summed E-state index contributed by atoms with van der Waals surface area (Å²) in [5, 5.41) is 18.5. The van der Waals surface area contributed by atoms with Crippen molar-refractivity contribution >= 4 is 23.6 Å². The molecule has 2 aliphatic heterocycles. The molecule has 9 heteroatoms. The fourth-order valence-corrected chi connectivity index (χ4v) is 6.27. The van der Waals surface area contributed by atoms with E-state index in [2.05, 4.69) is 35.9 Å². The molecule has 2 saturated carbocycles. The smallest absolute Gasteiger partial charge is 0.246 e. The maximum Gasteiger partial charge on any atom is 0.246 e. The predicted octanol–water partition coefficient (Wildman–Crippen LogP) is 1.48. The minimum Gasteiger partial charge on any atom is -0.350 e. The van der Waals surface area contributed by atoms with Crippen molar-refractivity contribution in [2.24, 2.45) is 28.6 Å². The van der Waals surface area contributed by atoms with Gasteiger partial charge in [-0.05, 0) is 54.8 Å². The van der Waals surface area contributed by atoms with Gasteiger partial charge in [0.1, 0.15) is 18.1 Å². The molecule has 4 aliphatic rings. The van der Waals surface area contributed by atoms with Crippen LogP contribution in [0, 0.1) is 39.9 Å². The molecule has 0 aromatic carbocycles. The van der Waals surface area contributed by atoms with Crippen LogP contribution in [-0.2, 0) is 19.2 Å². The Morgan fingerprint density at radius 1 is 1.20 bits per heavy atom. The molecular formula is C26H39N5O4. The number of hydrogen-bond acceptors (Lipinski definition) is 5. The topological polar surface area (TPSA) is 131 Å². The number of piperidine rings is 2. The first-order valence-electron chi connectivity index (χ1n) is 12.8. The molecule has 0 aromatic heterocycles. The fourth-order valence-electron chi connectivity index (χ4n) is 6.27. The number of rotatable bonds is 6. The van der Waals surface area contributed by atoms with E-state index in [1.165, 1.54) is 6.92 Å². The number of carbonyl (C=O) groups excluding carboxylic acids is 4. The molecule has 6 atom stereocenters. The molecular weight excluding hydrogens is 446 g/mol. The van der Waals surface area contributed by atoms with Gasteiger partial charge in [-0.3, -0.25) is 19.2 Å². The Morgan fingerprint density at radius 3 is 2.37 bits per heavy atom. The van der Waals surface area contributed by atoms with Crippen LogP contribution < -0.4 is 16.0 Å². The third-order valence-corrected chi connectivity index (χ3v) is 8.80. The number of amides is 4. The molecule has 4 rings (SSSR count). The minimum absolute atomic E-state index is 0.00329. The second kappa shape index (κ2) is 8.49. The van der Waals surface area contributed by atoms with Gasteiger partial charge in [0.05, 0.1) is 6.07 Å². The molecule has 0 aromatic rings. The summed E-state index contributed by atoms with van der Waals surface area (Å²) in [5.74, 6) is -1.07. The molecule has 2 heterocycles. The summed E-state index contributed by atoms with van der Waals surface area (Å²) >= 11 is 0. The highest BCUT2D eigenvalue weighted by molar-refractivity contribution is 5.94. The largest absolute Gasteiger partial charge is 0.350 e. The van der Waals surface area contributed by atoms with Gasteiger partial charge in [0.15, 0.2) is 0 Å². The number of nitrogens with zero attached hydrogens (tertiary/aromatic N) is 2. The monoisotopic (exact) mass is 485 g/mol. The van der Waals surface area contributed by atoms with E-state index in [0.717, 1.165) is 25.7 Å². The van der Waals surface area contributed by atoms with E-state index >= 15 is 0 Å². The van der Waals surface area contributed by atoms with Gasteiger partial charge in [-0.2, -0.15) is 5.26 Å². The maximum absolute atomic E-state index is 13.6. The average molecular weight is 486 g/mol. The molecule has 0 bridgehead atoms. The lowest BCUT2D eigenvalue weighted by atomic mass is 9.85. The quantitative estimate of drug-likeness (QED) is 0.524. The van der Waals surface area contributed by atoms with Crippen molar-refractivity contribution in [1.82, 2.24) is 20.9 Å². The fraction of sp³-hybridized carbons (Fsp3) is 0.808. The predicted molar refractivity (Wildman–Crippen MR) is 128 cm³/mol. The minimum atomic E-state index is -0.807. The van der Waals surface area contributed by atoms with Gasteiger partial charge >= 0.3 is 0 Å². The summed E-state index contributed by atoms with van der Waals surface area (Å²) in [6.45, 7) is 11.7. The van der Waals surface area contributed by atoms with Crippen LogP contribution in [-0.4, -0.2) is 58.7 Å². The highest BCUT2D eigenvalue weighted by Crippen LogP contribution is 2.65. The van der Waals surface area contributed by atoms with E-state index in [1.807, 2.05) is 20.8 Å². The molecule has 4 fully saturated rings. The first kappa shape index (κ1) is 25.5. The highest BCUT2D eigenvalue weighted by Gasteiger charge is 2.69. The van der Waals surface area contributed by atoms with Gasteiger partial charge in [0, 0.05) is 24.9 Å². The standard InChI is InChI=1S/C26H39N5O4/c1-14(32)28-20(24(2,3)4)23(35)31-13-17-18(25(17,5)6)19(31)22(34)29-16(12-27)11-15-7-8-26(9-10-26)30-21(15)33/h15-20H,7-11,13H2,1-6H3,(H,28,32)(H,29,34)(H,30,33). The molecule has 0 radical (unpaired) electrons. The summed E-state index contributed by atoms with van der Waals surface area (Å²) in [7, 11) is 0. The van der Waals surface area contributed by atoms with E-state index < -0.39 is 23.5 Å². The van der Waals surface area contributed by atoms with Crippen LogP contribution in [0.1, 0.15) is 73.6 Å². The van der Waals surface area contributed by atoms with Crippen molar-refractivity contribution in [2.45, 2.75) is 97.3 Å². The zero-order valence-corrected chi connectivity index (χ0v) is 21.7. The van der Waals surface area contributed by atoms with Crippen molar-refractivity contribution < 1.29 is 19.2 Å². The van der Waals surface area contributed by atoms with Gasteiger partial charge in [-0.25, -0.2) is 0 Å². The van der Waals surface area contributed by atoms with Crippen LogP contribution in [0.5, 0.6) is 0 Å². The Balaban J connectivity index is 1.47. The van der Waals surface area contributed by atoms with Crippen molar-refractivity contribution in [3.05, 3.63) is 0 Å². The van der Waals surface area contributed by atoms with Crippen LogP contribution in [0.15, 0.2) is 0 Å². The average Bonchev–Trinajstić information content (AvgIpc) is 3.53. The van der Waals surface area contributed by atoms with E-state index in [0.29, 0.717) is 6.54 Å². The van der Waals surface area contributed by atoms with Crippen molar-refractivity contribution in [1.29, 1.82) is 5.26 Å². The number of likely N-dealkylation sites (tertiary alicyclic amines) is 1. The van der Waals surface area contributed by atoms with Gasteiger partial charge in [0.25, 0.3) is 0 Å². The number of carbonyl (C=O) groups is 4. The summed E-state index contributed by atoms with van der Waals surface area (Å²) in [6.07, 6.45) is 3.92. The molecule has 3 N–H and O–H groups in total. The zero-order valence-electron chi connectivity index (χ0n) is 21.7. The molecule has 1 spiro atoms. The summed E-state index contributed by atoms with van der Waals surface area (Å²) in [5.41, 5.74) is -0.629. The van der Waals surface area contributed by atoms with E-state index in [1.54, 1.807) is 4.90 Å². The lowest BCUT2D eigenvalue weighted by Crippen LogP contribution is -2.59. The molecule has 2 aliphatic carbocycles. The molecule has 6 unspecified atom stereocenters. The number of fused-ring (bicyclic) bond motifs is 1. The Labute approximate surface area is 207 Å². The summed E-state index contributed by atoms with van der Waals surface area (Å²) in [4.78, 5) is 53.1. The van der Waals surface area contributed by atoms with Crippen molar-refractivity contribution in [3.8, 4) is 6.07 Å². The van der Waals surface area contributed by atoms with Crippen LogP contribution in [0.2, 0.25) is 0 Å². The van der Waals surface area contributed by atoms with Gasteiger partial charge < -0.3 is 20.9 Å². The lowest BCUT2D eigenvalue weighted by molar-refractivity contribution is -0.145. The zero-order chi connectivity index (χ0) is 25.9. The van der Waals surface area contributed by atoms with Crippen LogP contribution in [0.25, 0.3) is 0 Å². The van der Waals surface area contributed by atoms with E-state index in [-0.39, 0.29) is 58.8 Å². The Bertz CT molecular complexity index is 973. The Morgan fingerprint density at radius 2 is 1.86 bits per heavy atom. The molecule has 9 nitrogen and oxygen atoms in total. The van der Waals surface area contributed by atoms with Crippen LogP contribution in [0.4, 0.5) is 0 Å². The van der Waals surface area contributed by atoms with Gasteiger partial charge in [-0.15, -0.1) is 0 Å². The SMILES string of the molecule is CC(=O)NC(C(=O)N1CC2C(C1C(=O)NC(C#N)CC1CCC3(CC3)NC1=O)C2(C)C)C(C)(C)C. The van der Waals surface area contributed by atoms with Gasteiger partial charge in [0.2, 0.25) is 23.6 Å². The third kappa shape index (κ3) is 4.76. The van der Waals surface area contributed by atoms with Crippen molar-refractivity contribution in [3.63, 3.8) is 0 Å². The maximum atomic E-state index is 13.6. The third-order valence-electron chi connectivity index (χ3n) is 8.80. The number of hydrogen-bond donors (Lipinski definition) is 3. The molecule has 4 amide bonds. The molecule has 192 valence electrons. The van der Waals surface area contributed by atoms with Crippen LogP contribution in [0.3, 0.4) is 0 Å².